The largest absolute Gasteiger partial charge is 0.490 e. The summed E-state index contributed by atoms with van der Waals surface area (Å²) in [6, 6.07) is 7.38. The quantitative estimate of drug-likeness (QED) is 0.492. The van der Waals surface area contributed by atoms with Gasteiger partial charge in [-0.15, -0.1) is 12.4 Å². The Hall–Kier alpha value is -1.14. The van der Waals surface area contributed by atoms with Crippen LogP contribution in [-0.2, 0) is 9.47 Å². The molecule has 2 rings (SSSR count). The van der Waals surface area contributed by atoms with Gasteiger partial charge in [-0.2, -0.15) is 0 Å². The van der Waals surface area contributed by atoms with Crippen LogP contribution in [0, 0.1) is 0 Å². The van der Waals surface area contributed by atoms with E-state index in [1.165, 1.54) is 0 Å². The lowest BCUT2D eigenvalue weighted by atomic mass is 10.1. The Balaban J connectivity index is 0.00000312. The van der Waals surface area contributed by atoms with Crippen molar-refractivity contribution in [1.82, 2.24) is 4.90 Å². The molecule has 25 heavy (non-hydrogen) atoms. The Labute approximate surface area is 157 Å². The minimum atomic E-state index is 0. The van der Waals surface area contributed by atoms with Crippen LogP contribution in [0.4, 0.5) is 0 Å². The van der Waals surface area contributed by atoms with Gasteiger partial charge in [0.2, 0.25) is 0 Å². The van der Waals surface area contributed by atoms with Crippen LogP contribution < -0.4 is 4.74 Å². The summed E-state index contributed by atoms with van der Waals surface area (Å²) in [6.45, 7) is 10.5. The first kappa shape index (κ1) is 21.9. The number of carbonyl (C=O) groups excluding carboxylic acids is 1. The number of hydrogen-bond donors (Lipinski definition) is 0. The van der Waals surface area contributed by atoms with E-state index in [1.807, 2.05) is 31.2 Å². The molecule has 1 aromatic rings. The number of para-hydroxylation sites is 1. The van der Waals surface area contributed by atoms with Gasteiger partial charge in [0, 0.05) is 26.1 Å². The monoisotopic (exact) mass is 371 g/mol. The first-order chi connectivity index (χ1) is 11.6. The Morgan fingerprint density at radius 1 is 1.16 bits per heavy atom. The lowest BCUT2D eigenvalue weighted by Gasteiger charge is -2.35. The molecule has 0 spiro atoms. The summed E-state index contributed by atoms with van der Waals surface area (Å²) in [6.07, 6.45) is 1.04. The van der Waals surface area contributed by atoms with Crippen LogP contribution >= 0.6 is 12.4 Å². The Morgan fingerprint density at radius 2 is 1.84 bits per heavy atom. The summed E-state index contributed by atoms with van der Waals surface area (Å²) in [7, 11) is 0. The van der Waals surface area contributed by atoms with Crippen molar-refractivity contribution in [2.45, 2.75) is 39.4 Å². The van der Waals surface area contributed by atoms with Crippen LogP contribution in [-0.4, -0.2) is 62.3 Å². The predicted molar refractivity (Wildman–Crippen MR) is 101 cm³/mol. The third kappa shape index (κ3) is 7.32. The van der Waals surface area contributed by atoms with E-state index in [-0.39, 0.29) is 30.4 Å². The highest BCUT2D eigenvalue weighted by molar-refractivity contribution is 5.98. The van der Waals surface area contributed by atoms with Gasteiger partial charge in [-0.05, 0) is 26.0 Å². The number of ketones is 1. The fraction of sp³-hybridized carbons (Fsp3) is 0.632. The van der Waals surface area contributed by atoms with Gasteiger partial charge in [-0.1, -0.05) is 19.1 Å². The van der Waals surface area contributed by atoms with Gasteiger partial charge >= 0.3 is 0 Å². The average Bonchev–Trinajstić information content (AvgIpc) is 2.56. The molecule has 142 valence electrons. The molecule has 1 fully saturated rings. The second-order valence-corrected chi connectivity index (χ2v) is 6.25. The molecule has 0 N–H and O–H groups in total. The maximum Gasteiger partial charge on any atom is 0.166 e. The van der Waals surface area contributed by atoms with Crippen LogP contribution in [0.1, 0.15) is 37.6 Å². The Kier molecular flexibility index (Phi) is 10.0. The molecule has 1 aliphatic heterocycles. The smallest absolute Gasteiger partial charge is 0.166 e. The third-order valence-corrected chi connectivity index (χ3v) is 4.04. The molecule has 1 saturated heterocycles. The number of Topliss-reactive ketones (excluding diaryl/α,β-unsaturated/α-hetero) is 1. The molecule has 0 aromatic heterocycles. The molecule has 2 atom stereocenters. The lowest BCUT2D eigenvalue weighted by Crippen LogP contribution is -2.46. The van der Waals surface area contributed by atoms with Gasteiger partial charge in [0.25, 0.3) is 0 Å². The number of benzene rings is 1. The standard InChI is InChI=1S/C19H29NO4.ClH/c1-4-18(21)17-7-5-6-8-19(17)23-12-11-22-10-9-20-13-15(2)24-16(3)14-20;/h5-8,15-16H,4,9-14H2,1-3H3;1H. The summed E-state index contributed by atoms with van der Waals surface area (Å²) < 4.78 is 17.1. The number of morpholine rings is 1. The highest BCUT2D eigenvalue weighted by atomic mass is 35.5. The molecule has 1 heterocycles. The zero-order valence-corrected chi connectivity index (χ0v) is 16.2. The zero-order valence-electron chi connectivity index (χ0n) is 15.4. The van der Waals surface area contributed by atoms with Crippen molar-refractivity contribution in [2.75, 3.05) is 39.5 Å². The van der Waals surface area contributed by atoms with Gasteiger partial charge in [-0.25, -0.2) is 0 Å². The molecule has 0 saturated carbocycles. The van der Waals surface area contributed by atoms with Crippen LogP contribution in [0.15, 0.2) is 24.3 Å². The summed E-state index contributed by atoms with van der Waals surface area (Å²) in [4.78, 5) is 14.2. The first-order valence-electron chi connectivity index (χ1n) is 8.80. The van der Waals surface area contributed by atoms with Crippen molar-refractivity contribution < 1.29 is 19.0 Å². The van der Waals surface area contributed by atoms with Crippen molar-refractivity contribution in [3.05, 3.63) is 29.8 Å². The fourth-order valence-corrected chi connectivity index (χ4v) is 2.99. The Morgan fingerprint density at radius 3 is 2.52 bits per heavy atom. The van der Waals surface area contributed by atoms with Crippen molar-refractivity contribution in [3.8, 4) is 5.75 Å². The van der Waals surface area contributed by atoms with Crippen LogP contribution in [0.3, 0.4) is 0 Å². The molecule has 5 nitrogen and oxygen atoms in total. The number of hydrogen-bond acceptors (Lipinski definition) is 5. The molecule has 1 aliphatic rings. The predicted octanol–water partition coefficient (Wildman–Crippen LogP) is 3.21. The van der Waals surface area contributed by atoms with E-state index in [9.17, 15) is 4.79 Å². The minimum absolute atomic E-state index is 0. The summed E-state index contributed by atoms with van der Waals surface area (Å²) in [5, 5.41) is 0. The zero-order chi connectivity index (χ0) is 17.4. The van der Waals surface area contributed by atoms with E-state index in [2.05, 4.69) is 18.7 Å². The molecule has 0 amide bonds. The number of ether oxygens (including phenoxy) is 3. The second-order valence-electron chi connectivity index (χ2n) is 6.25. The van der Waals surface area contributed by atoms with Crippen molar-refractivity contribution in [2.24, 2.45) is 0 Å². The normalized spacial score (nSPS) is 20.8. The highest BCUT2D eigenvalue weighted by Crippen LogP contribution is 2.19. The molecule has 0 radical (unpaired) electrons. The molecule has 1 aromatic carbocycles. The van der Waals surface area contributed by atoms with Crippen molar-refractivity contribution in [1.29, 1.82) is 0 Å². The van der Waals surface area contributed by atoms with Gasteiger partial charge in [0.05, 0.1) is 31.0 Å². The van der Waals surface area contributed by atoms with E-state index in [4.69, 9.17) is 14.2 Å². The minimum Gasteiger partial charge on any atom is -0.490 e. The van der Waals surface area contributed by atoms with Gasteiger partial charge in [-0.3, -0.25) is 9.69 Å². The molecule has 6 heteroatoms. The van der Waals surface area contributed by atoms with Gasteiger partial charge in [0.1, 0.15) is 12.4 Å². The van der Waals surface area contributed by atoms with Gasteiger partial charge < -0.3 is 14.2 Å². The number of nitrogens with zero attached hydrogens (tertiary/aromatic N) is 1. The van der Waals surface area contributed by atoms with Crippen molar-refractivity contribution >= 4 is 18.2 Å². The molecule has 2 unspecified atom stereocenters. The molecular formula is C19H30ClNO4. The number of carbonyl (C=O) groups is 1. The van der Waals surface area contributed by atoms with E-state index in [1.54, 1.807) is 0 Å². The number of rotatable bonds is 9. The summed E-state index contributed by atoms with van der Waals surface area (Å²) >= 11 is 0. The SMILES string of the molecule is CCC(=O)c1ccccc1OCCOCCN1CC(C)OC(C)C1.Cl. The lowest BCUT2D eigenvalue weighted by molar-refractivity contribution is -0.0734. The third-order valence-electron chi connectivity index (χ3n) is 4.04. The molecule has 0 aliphatic carbocycles. The van der Waals surface area contributed by atoms with Crippen LogP contribution in [0.2, 0.25) is 0 Å². The summed E-state index contributed by atoms with van der Waals surface area (Å²) in [5.74, 6) is 0.742. The van der Waals surface area contributed by atoms with Crippen LogP contribution in [0.25, 0.3) is 0 Å². The van der Waals surface area contributed by atoms with E-state index >= 15 is 0 Å². The number of halogens is 1. The topological polar surface area (TPSA) is 48.0 Å². The first-order valence-corrected chi connectivity index (χ1v) is 8.80. The van der Waals surface area contributed by atoms with E-state index in [0.29, 0.717) is 37.6 Å². The van der Waals surface area contributed by atoms with Gasteiger partial charge in [0.15, 0.2) is 5.78 Å². The highest BCUT2D eigenvalue weighted by Gasteiger charge is 2.21. The maximum atomic E-state index is 11.9. The maximum absolute atomic E-state index is 11.9. The Bertz CT molecular complexity index is 516. The second kappa shape index (κ2) is 11.5. The van der Waals surface area contributed by atoms with E-state index in [0.717, 1.165) is 19.6 Å². The molecule has 0 bridgehead atoms. The fourth-order valence-electron chi connectivity index (χ4n) is 2.99. The molecular weight excluding hydrogens is 342 g/mol. The van der Waals surface area contributed by atoms with E-state index < -0.39 is 0 Å². The average molecular weight is 372 g/mol. The van der Waals surface area contributed by atoms with Crippen molar-refractivity contribution in [3.63, 3.8) is 0 Å². The summed E-state index contributed by atoms with van der Waals surface area (Å²) in [5.41, 5.74) is 0.649. The van der Waals surface area contributed by atoms with Crippen LogP contribution in [0.5, 0.6) is 5.75 Å².